The molecule has 1 aromatic heterocycles. The van der Waals surface area contributed by atoms with Crippen molar-refractivity contribution in [2.75, 3.05) is 44.2 Å². The quantitative estimate of drug-likeness (QED) is 0.283. The number of rotatable bonds is 7. The molecule has 4 aromatic rings. The maximum absolute atomic E-state index is 13.2. The van der Waals surface area contributed by atoms with Crippen molar-refractivity contribution in [3.63, 3.8) is 0 Å². The predicted octanol–water partition coefficient (Wildman–Crippen LogP) is 5.55. The lowest BCUT2D eigenvalue weighted by molar-refractivity contribution is 0.209. The van der Waals surface area contributed by atoms with Crippen molar-refractivity contribution in [1.29, 1.82) is 5.26 Å². The van der Waals surface area contributed by atoms with Crippen LogP contribution in [0.25, 0.3) is 11.5 Å². The van der Waals surface area contributed by atoms with Gasteiger partial charge in [-0.1, -0.05) is 67.6 Å². The summed E-state index contributed by atoms with van der Waals surface area (Å²) in [6.45, 7) is 6.13. The first kappa shape index (κ1) is 28.2. The third-order valence-corrected chi connectivity index (χ3v) is 10.2. The Morgan fingerprint density at radius 2 is 1.50 bits per heavy atom. The first-order chi connectivity index (χ1) is 20.4. The van der Waals surface area contributed by atoms with E-state index in [4.69, 9.17) is 4.42 Å². The van der Waals surface area contributed by atoms with E-state index in [0.29, 0.717) is 49.4 Å². The van der Waals surface area contributed by atoms with Gasteiger partial charge in [-0.2, -0.15) is 14.6 Å². The standard InChI is InChI=1S/C33H35N5O3S/c1-25-9-8-18-38(24-25)42(39,40)29-16-14-28(15-17-29)32-35-30(23-34)33(41-32)37-21-19-36(20-22-37)31(26-10-4-2-5-11-26)27-12-6-3-7-13-27/h2-7,10-17,25,31H,8-9,18-22,24H2,1H3. The van der Waals surface area contributed by atoms with Crippen molar-refractivity contribution >= 4 is 15.9 Å². The lowest BCUT2D eigenvalue weighted by Crippen LogP contribution is -2.48. The highest BCUT2D eigenvalue weighted by Crippen LogP contribution is 2.33. The SMILES string of the molecule is CC1CCCN(S(=O)(=O)c2ccc(-c3nc(C#N)c(N4CCN(C(c5ccccc5)c5ccccc5)CC4)o3)cc2)C1. The molecule has 0 spiro atoms. The summed E-state index contributed by atoms with van der Waals surface area (Å²) < 4.78 is 34.1. The zero-order valence-electron chi connectivity index (χ0n) is 23.8. The fourth-order valence-corrected chi connectivity index (χ4v) is 7.67. The number of nitriles is 1. The van der Waals surface area contributed by atoms with Gasteiger partial charge in [0.15, 0.2) is 0 Å². The molecule has 8 nitrogen and oxygen atoms in total. The van der Waals surface area contributed by atoms with Gasteiger partial charge in [-0.05, 0) is 54.2 Å². The summed E-state index contributed by atoms with van der Waals surface area (Å²) in [7, 11) is -3.55. The second kappa shape index (κ2) is 12.1. The van der Waals surface area contributed by atoms with Gasteiger partial charge in [-0.25, -0.2) is 8.42 Å². The Balaban J connectivity index is 1.18. The van der Waals surface area contributed by atoms with Gasteiger partial charge in [-0.15, -0.1) is 0 Å². The molecule has 6 rings (SSSR count). The number of piperidine rings is 1. The van der Waals surface area contributed by atoms with Gasteiger partial charge < -0.3 is 9.32 Å². The van der Waals surface area contributed by atoms with Crippen LogP contribution in [-0.4, -0.2) is 61.9 Å². The van der Waals surface area contributed by atoms with E-state index in [-0.39, 0.29) is 16.6 Å². The minimum atomic E-state index is -3.55. The second-order valence-corrected chi connectivity index (χ2v) is 13.1. The molecule has 1 unspecified atom stereocenters. The van der Waals surface area contributed by atoms with E-state index >= 15 is 0 Å². The number of piperazine rings is 1. The van der Waals surface area contributed by atoms with Gasteiger partial charge >= 0.3 is 0 Å². The summed E-state index contributed by atoms with van der Waals surface area (Å²) in [5.41, 5.74) is 3.37. The van der Waals surface area contributed by atoms with Crippen molar-refractivity contribution in [2.45, 2.75) is 30.7 Å². The molecule has 2 aliphatic rings. The first-order valence-corrected chi connectivity index (χ1v) is 16.0. The minimum absolute atomic E-state index is 0.137. The van der Waals surface area contributed by atoms with E-state index in [1.54, 1.807) is 28.6 Å². The minimum Gasteiger partial charge on any atom is -0.419 e. The van der Waals surface area contributed by atoms with E-state index in [9.17, 15) is 13.7 Å². The van der Waals surface area contributed by atoms with Crippen LogP contribution in [0.4, 0.5) is 5.88 Å². The number of sulfonamides is 1. The number of oxazole rings is 1. The van der Waals surface area contributed by atoms with E-state index in [2.05, 4.69) is 76.3 Å². The van der Waals surface area contributed by atoms with Crippen LogP contribution in [0.3, 0.4) is 0 Å². The molecule has 1 atom stereocenters. The van der Waals surface area contributed by atoms with Crippen LogP contribution in [0, 0.1) is 17.2 Å². The van der Waals surface area contributed by atoms with Gasteiger partial charge in [0.1, 0.15) is 6.07 Å². The van der Waals surface area contributed by atoms with Crippen molar-refractivity contribution in [1.82, 2.24) is 14.2 Å². The number of hydrogen-bond acceptors (Lipinski definition) is 7. The van der Waals surface area contributed by atoms with E-state index in [0.717, 1.165) is 25.9 Å². The van der Waals surface area contributed by atoms with Gasteiger partial charge in [0.05, 0.1) is 10.9 Å². The molecule has 0 bridgehead atoms. The highest BCUT2D eigenvalue weighted by Gasteiger charge is 2.31. The fourth-order valence-electron chi connectivity index (χ4n) is 6.07. The highest BCUT2D eigenvalue weighted by molar-refractivity contribution is 7.89. The monoisotopic (exact) mass is 581 g/mol. The zero-order chi connectivity index (χ0) is 29.1. The van der Waals surface area contributed by atoms with Crippen molar-refractivity contribution in [3.05, 3.63) is 102 Å². The molecule has 2 saturated heterocycles. The lowest BCUT2D eigenvalue weighted by Gasteiger charge is -2.39. The average molecular weight is 582 g/mol. The smallest absolute Gasteiger partial charge is 0.243 e. The largest absolute Gasteiger partial charge is 0.419 e. The second-order valence-electron chi connectivity index (χ2n) is 11.2. The Hall–Kier alpha value is -3.97. The topological polar surface area (TPSA) is 93.7 Å². The Bertz CT molecular complexity index is 1600. The van der Waals surface area contributed by atoms with Gasteiger partial charge in [0.2, 0.25) is 27.5 Å². The number of aromatic nitrogens is 1. The Morgan fingerprint density at radius 3 is 2.07 bits per heavy atom. The third kappa shape index (κ3) is 5.71. The molecular weight excluding hydrogens is 546 g/mol. The molecular formula is C33H35N5O3S. The highest BCUT2D eigenvalue weighted by atomic mass is 32.2. The molecule has 3 aromatic carbocycles. The predicted molar refractivity (Wildman–Crippen MR) is 162 cm³/mol. The van der Waals surface area contributed by atoms with Crippen molar-refractivity contribution < 1.29 is 12.8 Å². The van der Waals surface area contributed by atoms with Gasteiger partial charge in [-0.3, -0.25) is 4.90 Å². The summed E-state index contributed by atoms with van der Waals surface area (Å²) in [6.07, 6.45) is 1.93. The summed E-state index contributed by atoms with van der Waals surface area (Å²) in [5, 5.41) is 9.87. The first-order valence-electron chi connectivity index (χ1n) is 14.5. The molecule has 0 aliphatic carbocycles. The number of benzene rings is 3. The van der Waals surface area contributed by atoms with Crippen LogP contribution in [0.15, 0.2) is 94.2 Å². The molecule has 0 amide bonds. The molecule has 2 aliphatic heterocycles. The maximum Gasteiger partial charge on any atom is 0.243 e. The van der Waals surface area contributed by atoms with Crippen LogP contribution >= 0.6 is 0 Å². The van der Waals surface area contributed by atoms with Crippen LogP contribution in [0.5, 0.6) is 0 Å². The van der Waals surface area contributed by atoms with Crippen molar-refractivity contribution in [2.24, 2.45) is 5.92 Å². The number of nitrogens with zero attached hydrogens (tertiary/aromatic N) is 5. The van der Waals surface area contributed by atoms with Crippen LogP contribution in [0.2, 0.25) is 0 Å². The Morgan fingerprint density at radius 1 is 0.881 bits per heavy atom. The average Bonchev–Trinajstić information content (AvgIpc) is 3.47. The summed E-state index contributed by atoms with van der Waals surface area (Å²) in [5.74, 6) is 1.13. The van der Waals surface area contributed by atoms with E-state index in [1.165, 1.54) is 11.1 Å². The fraction of sp³-hybridized carbons (Fsp3) is 0.333. The molecule has 3 heterocycles. The summed E-state index contributed by atoms with van der Waals surface area (Å²) in [6, 6.07) is 30.0. The molecule has 42 heavy (non-hydrogen) atoms. The molecule has 2 fully saturated rings. The molecule has 0 radical (unpaired) electrons. The van der Waals surface area contributed by atoms with Crippen molar-refractivity contribution in [3.8, 4) is 17.5 Å². The maximum atomic E-state index is 13.2. The lowest BCUT2D eigenvalue weighted by atomic mass is 9.96. The van der Waals surface area contributed by atoms with E-state index in [1.807, 2.05) is 12.1 Å². The molecule has 0 saturated carbocycles. The third-order valence-electron chi connectivity index (χ3n) is 8.27. The normalized spacial score (nSPS) is 18.7. The summed E-state index contributed by atoms with van der Waals surface area (Å²) in [4.78, 5) is 9.27. The van der Waals surface area contributed by atoms with Gasteiger partial charge in [0.25, 0.3) is 0 Å². The van der Waals surface area contributed by atoms with Gasteiger partial charge in [0, 0.05) is 44.8 Å². The molecule has 216 valence electrons. The van der Waals surface area contributed by atoms with E-state index < -0.39 is 10.0 Å². The number of hydrogen-bond donors (Lipinski definition) is 0. The zero-order valence-corrected chi connectivity index (χ0v) is 24.6. The Kier molecular flexibility index (Phi) is 8.11. The summed E-state index contributed by atoms with van der Waals surface area (Å²) >= 11 is 0. The Labute approximate surface area is 247 Å². The van der Waals surface area contributed by atoms with Crippen LogP contribution < -0.4 is 4.90 Å². The molecule has 9 heteroatoms. The van der Waals surface area contributed by atoms with Crippen LogP contribution in [0.1, 0.15) is 42.6 Å². The number of anilines is 1. The molecule has 0 N–H and O–H groups in total. The van der Waals surface area contributed by atoms with Crippen LogP contribution in [-0.2, 0) is 10.0 Å².